The quantitative estimate of drug-likeness (QED) is 0.811. The molecule has 1 aliphatic rings. The lowest BCUT2D eigenvalue weighted by molar-refractivity contribution is 0.0850. The molecule has 2 rings (SSSR count). The number of hydrogen-bond donors (Lipinski definition) is 1. The molecule has 0 aliphatic carbocycles. The van der Waals surface area contributed by atoms with Crippen LogP contribution in [-0.2, 0) is 11.2 Å². The predicted molar refractivity (Wildman–Crippen MR) is 57.5 cm³/mol. The Kier molecular flexibility index (Phi) is 3.69. The van der Waals surface area contributed by atoms with E-state index in [0.29, 0.717) is 5.92 Å². The van der Waals surface area contributed by atoms with Gasteiger partial charge in [0.2, 0.25) is 0 Å². The maximum atomic E-state index is 9.91. The van der Waals surface area contributed by atoms with Crippen molar-refractivity contribution in [3.63, 3.8) is 0 Å². The largest absolute Gasteiger partial charge is 0.393 e. The van der Waals surface area contributed by atoms with Gasteiger partial charge in [0, 0.05) is 24.9 Å². The molecule has 0 saturated carbocycles. The van der Waals surface area contributed by atoms with Gasteiger partial charge in [-0.25, -0.2) is 0 Å². The standard InChI is InChI=1S/C12H17NO2/c14-12(11-5-8-15-9-11)2-1-10-3-6-13-7-4-10/h3-4,6-7,11-12,14H,1-2,5,8-9H2. The van der Waals surface area contributed by atoms with Crippen molar-refractivity contribution in [3.05, 3.63) is 30.1 Å². The van der Waals surface area contributed by atoms with Crippen molar-refractivity contribution in [1.29, 1.82) is 0 Å². The summed E-state index contributed by atoms with van der Waals surface area (Å²) in [7, 11) is 0. The first-order valence-corrected chi connectivity index (χ1v) is 5.51. The van der Waals surface area contributed by atoms with E-state index in [4.69, 9.17) is 4.74 Å². The van der Waals surface area contributed by atoms with Crippen LogP contribution in [0.25, 0.3) is 0 Å². The molecule has 1 aromatic rings. The number of hydrogen-bond acceptors (Lipinski definition) is 3. The highest BCUT2D eigenvalue weighted by atomic mass is 16.5. The van der Waals surface area contributed by atoms with Gasteiger partial charge in [-0.05, 0) is 37.0 Å². The smallest absolute Gasteiger partial charge is 0.0594 e. The number of pyridine rings is 1. The zero-order chi connectivity index (χ0) is 10.5. The molecule has 2 unspecified atom stereocenters. The van der Waals surface area contributed by atoms with E-state index in [1.807, 2.05) is 12.1 Å². The minimum absolute atomic E-state index is 0.222. The molecule has 1 aromatic heterocycles. The first-order valence-electron chi connectivity index (χ1n) is 5.51. The summed E-state index contributed by atoms with van der Waals surface area (Å²) in [6.07, 6.45) is 6.09. The maximum absolute atomic E-state index is 9.91. The molecule has 2 atom stereocenters. The monoisotopic (exact) mass is 207 g/mol. The van der Waals surface area contributed by atoms with Gasteiger partial charge in [-0.1, -0.05) is 0 Å². The van der Waals surface area contributed by atoms with Crippen molar-refractivity contribution >= 4 is 0 Å². The van der Waals surface area contributed by atoms with Crippen LogP contribution in [0.15, 0.2) is 24.5 Å². The highest BCUT2D eigenvalue weighted by Crippen LogP contribution is 2.20. The fourth-order valence-electron chi connectivity index (χ4n) is 1.96. The van der Waals surface area contributed by atoms with Crippen molar-refractivity contribution in [1.82, 2.24) is 4.98 Å². The van der Waals surface area contributed by atoms with Gasteiger partial charge >= 0.3 is 0 Å². The van der Waals surface area contributed by atoms with Crippen molar-refractivity contribution in [2.45, 2.75) is 25.4 Å². The van der Waals surface area contributed by atoms with Gasteiger partial charge in [0.25, 0.3) is 0 Å². The Morgan fingerprint density at radius 3 is 2.93 bits per heavy atom. The molecule has 2 heterocycles. The van der Waals surface area contributed by atoms with Gasteiger partial charge in [-0.3, -0.25) is 4.98 Å². The summed E-state index contributed by atoms with van der Waals surface area (Å²) < 4.78 is 5.26. The normalized spacial score (nSPS) is 22.9. The van der Waals surface area contributed by atoms with Gasteiger partial charge in [0.05, 0.1) is 12.7 Å². The molecular formula is C12H17NO2. The average molecular weight is 207 g/mol. The molecule has 15 heavy (non-hydrogen) atoms. The minimum atomic E-state index is -0.222. The van der Waals surface area contributed by atoms with E-state index in [2.05, 4.69) is 4.98 Å². The SMILES string of the molecule is OC(CCc1ccncc1)C1CCOC1. The van der Waals surface area contributed by atoms with Crippen molar-refractivity contribution < 1.29 is 9.84 Å². The van der Waals surface area contributed by atoms with Crippen LogP contribution in [-0.4, -0.2) is 29.4 Å². The molecule has 3 nitrogen and oxygen atoms in total. The molecular weight excluding hydrogens is 190 g/mol. The van der Waals surface area contributed by atoms with Gasteiger partial charge in [0.15, 0.2) is 0 Å². The van der Waals surface area contributed by atoms with E-state index in [9.17, 15) is 5.11 Å². The lowest BCUT2D eigenvalue weighted by Gasteiger charge is -2.15. The van der Waals surface area contributed by atoms with Crippen LogP contribution in [0, 0.1) is 5.92 Å². The highest BCUT2D eigenvalue weighted by Gasteiger charge is 2.23. The number of aliphatic hydroxyl groups excluding tert-OH is 1. The number of aliphatic hydroxyl groups is 1. The summed E-state index contributed by atoms with van der Waals surface area (Å²) in [6.45, 7) is 1.52. The first-order chi connectivity index (χ1) is 7.36. The van der Waals surface area contributed by atoms with Crippen molar-refractivity contribution in [3.8, 4) is 0 Å². The molecule has 3 heteroatoms. The fraction of sp³-hybridized carbons (Fsp3) is 0.583. The molecule has 0 aromatic carbocycles. The lowest BCUT2D eigenvalue weighted by atomic mass is 9.96. The molecule has 1 aliphatic heterocycles. The number of aromatic nitrogens is 1. The number of rotatable bonds is 4. The van der Waals surface area contributed by atoms with Crippen molar-refractivity contribution in [2.75, 3.05) is 13.2 Å². The Bertz CT molecular complexity index is 283. The number of aryl methyl sites for hydroxylation is 1. The summed E-state index contributed by atoms with van der Waals surface area (Å²) in [4.78, 5) is 3.97. The Hall–Kier alpha value is -0.930. The van der Waals surface area contributed by atoms with E-state index >= 15 is 0 Å². The Morgan fingerprint density at radius 2 is 2.27 bits per heavy atom. The van der Waals surface area contributed by atoms with Crippen LogP contribution < -0.4 is 0 Å². The molecule has 0 spiro atoms. The van der Waals surface area contributed by atoms with Crippen LogP contribution >= 0.6 is 0 Å². The third kappa shape index (κ3) is 3.01. The highest BCUT2D eigenvalue weighted by molar-refractivity contribution is 5.09. The van der Waals surface area contributed by atoms with Crippen LogP contribution in [0.4, 0.5) is 0 Å². The summed E-state index contributed by atoms with van der Waals surface area (Å²) in [6, 6.07) is 4.00. The molecule has 82 valence electrons. The molecule has 0 bridgehead atoms. The van der Waals surface area contributed by atoms with Crippen LogP contribution in [0.2, 0.25) is 0 Å². The van der Waals surface area contributed by atoms with Gasteiger partial charge in [0.1, 0.15) is 0 Å². The van der Waals surface area contributed by atoms with Crippen LogP contribution in [0.5, 0.6) is 0 Å². The minimum Gasteiger partial charge on any atom is -0.393 e. The Labute approximate surface area is 90.1 Å². The summed E-state index contributed by atoms with van der Waals surface area (Å²) in [5.41, 5.74) is 1.24. The maximum Gasteiger partial charge on any atom is 0.0594 e. The fourth-order valence-corrected chi connectivity index (χ4v) is 1.96. The Balaban J connectivity index is 1.77. The molecule has 0 radical (unpaired) electrons. The zero-order valence-electron chi connectivity index (χ0n) is 8.80. The summed E-state index contributed by atoms with van der Waals surface area (Å²) >= 11 is 0. The summed E-state index contributed by atoms with van der Waals surface area (Å²) in [5, 5.41) is 9.91. The molecule has 1 fully saturated rings. The van der Waals surface area contributed by atoms with Crippen molar-refractivity contribution in [2.24, 2.45) is 5.92 Å². The third-order valence-corrected chi connectivity index (χ3v) is 2.99. The second kappa shape index (κ2) is 5.24. The topological polar surface area (TPSA) is 42.4 Å². The van der Waals surface area contributed by atoms with E-state index in [-0.39, 0.29) is 6.10 Å². The second-order valence-electron chi connectivity index (χ2n) is 4.09. The van der Waals surface area contributed by atoms with E-state index < -0.39 is 0 Å². The van der Waals surface area contributed by atoms with E-state index in [0.717, 1.165) is 32.5 Å². The molecule has 1 N–H and O–H groups in total. The van der Waals surface area contributed by atoms with Gasteiger partial charge in [-0.2, -0.15) is 0 Å². The number of ether oxygens (including phenoxy) is 1. The summed E-state index contributed by atoms with van der Waals surface area (Å²) in [5.74, 6) is 0.340. The predicted octanol–water partition coefficient (Wildman–Crippen LogP) is 1.41. The Morgan fingerprint density at radius 1 is 1.47 bits per heavy atom. The van der Waals surface area contributed by atoms with E-state index in [1.165, 1.54) is 5.56 Å². The lowest BCUT2D eigenvalue weighted by Crippen LogP contribution is -2.21. The number of nitrogens with zero attached hydrogens (tertiary/aromatic N) is 1. The van der Waals surface area contributed by atoms with Gasteiger partial charge in [-0.15, -0.1) is 0 Å². The second-order valence-corrected chi connectivity index (χ2v) is 4.09. The first kappa shape index (κ1) is 10.6. The molecule has 0 amide bonds. The molecule has 1 saturated heterocycles. The van der Waals surface area contributed by atoms with Crippen LogP contribution in [0.1, 0.15) is 18.4 Å². The zero-order valence-corrected chi connectivity index (χ0v) is 8.80. The third-order valence-electron chi connectivity index (χ3n) is 2.99. The average Bonchev–Trinajstić information content (AvgIpc) is 2.81. The van der Waals surface area contributed by atoms with Crippen LogP contribution in [0.3, 0.4) is 0 Å². The van der Waals surface area contributed by atoms with Gasteiger partial charge < -0.3 is 9.84 Å². The van der Waals surface area contributed by atoms with E-state index in [1.54, 1.807) is 12.4 Å².